The number of rotatable bonds is 1. The van der Waals surface area contributed by atoms with Crippen LogP contribution < -0.4 is 0 Å². The van der Waals surface area contributed by atoms with Gasteiger partial charge in [0.05, 0.1) is 24.4 Å². The van der Waals surface area contributed by atoms with Crippen LogP contribution in [0.15, 0.2) is 0 Å². The predicted octanol–water partition coefficient (Wildman–Crippen LogP) is 0.294. The topological polar surface area (TPSA) is 69.9 Å². The SMILES string of the molecule is CC(C)(C)C1OC(CO)CC(C)(O)C1O. The third-order valence-corrected chi connectivity index (χ3v) is 2.96. The summed E-state index contributed by atoms with van der Waals surface area (Å²) in [6.07, 6.45) is -1.51. The summed E-state index contributed by atoms with van der Waals surface area (Å²) in [6, 6.07) is 0. The third-order valence-electron chi connectivity index (χ3n) is 2.96. The van der Waals surface area contributed by atoms with E-state index in [1.54, 1.807) is 6.92 Å². The van der Waals surface area contributed by atoms with Crippen LogP contribution in [0.1, 0.15) is 34.1 Å². The van der Waals surface area contributed by atoms with E-state index in [1.165, 1.54) is 0 Å². The van der Waals surface area contributed by atoms with E-state index in [2.05, 4.69) is 0 Å². The van der Waals surface area contributed by atoms with Gasteiger partial charge in [-0.25, -0.2) is 0 Å². The minimum absolute atomic E-state index is 0.130. The standard InChI is InChI=1S/C11H22O4/c1-10(2,3)9-8(13)11(4,14)5-7(6-12)15-9/h7-9,12-14H,5-6H2,1-4H3. The number of aliphatic hydroxyl groups excluding tert-OH is 2. The fraction of sp³-hybridized carbons (Fsp3) is 1.00. The monoisotopic (exact) mass is 218 g/mol. The minimum atomic E-state index is -1.19. The molecule has 1 rings (SSSR count). The first-order valence-electron chi connectivity index (χ1n) is 5.35. The van der Waals surface area contributed by atoms with Crippen molar-refractivity contribution in [1.29, 1.82) is 0 Å². The van der Waals surface area contributed by atoms with Gasteiger partial charge in [0, 0.05) is 6.42 Å². The molecule has 0 aromatic carbocycles. The van der Waals surface area contributed by atoms with E-state index in [0.717, 1.165) is 0 Å². The third kappa shape index (κ3) is 2.69. The Labute approximate surface area is 90.9 Å². The maximum atomic E-state index is 10.0. The molecule has 4 heteroatoms. The summed E-state index contributed by atoms with van der Waals surface area (Å²) in [7, 11) is 0. The molecular weight excluding hydrogens is 196 g/mol. The zero-order valence-corrected chi connectivity index (χ0v) is 9.90. The molecule has 4 unspecified atom stereocenters. The zero-order chi connectivity index (χ0) is 11.9. The summed E-state index contributed by atoms with van der Waals surface area (Å²) >= 11 is 0. The molecule has 1 fully saturated rings. The fourth-order valence-electron chi connectivity index (χ4n) is 2.02. The molecule has 0 amide bonds. The van der Waals surface area contributed by atoms with Gasteiger partial charge in [0.25, 0.3) is 0 Å². The van der Waals surface area contributed by atoms with Gasteiger partial charge in [0.2, 0.25) is 0 Å². The number of ether oxygens (including phenoxy) is 1. The van der Waals surface area contributed by atoms with Gasteiger partial charge in [-0.15, -0.1) is 0 Å². The van der Waals surface area contributed by atoms with Gasteiger partial charge >= 0.3 is 0 Å². The van der Waals surface area contributed by atoms with Gasteiger partial charge < -0.3 is 20.1 Å². The Morgan fingerprint density at radius 3 is 2.33 bits per heavy atom. The van der Waals surface area contributed by atoms with Crippen LogP contribution in [0.5, 0.6) is 0 Å². The van der Waals surface area contributed by atoms with E-state index in [1.807, 2.05) is 20.8 Å². The van der Waals surface area contributed by atoms with Crippen LogP contribution in [0.3, 0.4) is 0 Å². The molecular formula is C11H22O4. The van der Waals surface area contributed by atoms with E-state index < -0.39 is 23.9 Å². The minimum Gasteiger partial charge on any atom is -0.394 e. The van der Waals surface area contributed by atoms with Crippen LogP contribution >= 0.6 is 0 Å². The van der Waals surface area contributed by atoms with Crippen LogP contribution in [0.4, 0.5) is 0 Å². The predicted molar refractivity (Wildman–Crippen MR) is 56.4 cm³/mol. The van der Waals surface area contributed by atoms with E-state index in [9.17, 15) is 10.2 Å². The summed E-state index contributed by atoms with van der Waals surface area (Å²) in [6.45, 7) is 7.28. The Bertz CT molecular complexity index is 219. The molecule has 0 radical (unpaired) electrons. The second kappa shape index (κ2) is 4.01. The Balaban J connectivity index is 2.87. The lowest BCUT2D eigenvalue weighted by molar-refractivity contribution is -0.239. The van der Waals surface area contributed by atoms with Crippen molar-refractivity contribution in [3.8, 4) is 0 Å². The molecule has 90 valence electrons. The van der Waals surface area contributed by atoms with Crippen molar-refractivity contribution >= 4 is 0 Å². The van der Waals surface area contributed by atoms with Crippen molar-refractivity contribution in [3.63, 3.8) is 0 Å². The molecule has 0 bridgehead atoms. The van der Waals surface area contributed by atoms with Crippen LogP contribution in [-0.2, 0) is 4.74 Å². The highest BCUT2D eigenvalue weighted by Gasteiger charge is 2.48. The first kappa shape index (κ1) is 12.9. The molecule has 0 spiro atoms. The summed E-state index contributed by atoms with van der Waals surface area (Å²) in [4.78, 5) is 0. The van der Waals surface area contributed by atoms with Crippen LogP contribution in [0, 0.1) is 5.41 Å². The largest absolute Gasteiger partial charge is 0.394 e. The molecule has 4 atom stereocenters. The normalized spacial score (nSPS) is 43.0. The first-order valence-corrected chi connectivity index (χ1v) is 5.35. The molecule has 1 heterocycles. The molecule has 4 nitrogen and oxygen atoms in total. The molecule has 3 N–H and O–H groups in total. The Morgan fingerprint density at radius 2 is 1.93 bits per heavy atom. The summed E-state index contributed by atoms with van der Waals surface area (Å²) < 4.78 is 5.59. The average molecular weight is 218 g/mol. The lowest BCUT2D eigenvalue weighted by atomic mass is 9.76. The second-order valence-electron chi connectivity index (χ2n) is 5.73. The van der Waals surface area contributed by atoms with Crippen molar-refractivity contribution < 1.29 is 20.1 Å². The number of hydrogen-bond donors (Lipinski definition) is 3. The van der Waals surface area contributed by atoms with Crippen molar-refractivity contribution in [1.82, 2.24) is 0 Å². The number of aliphatic hydroxyl groups is 3. The molecule has 0 saturated carbocycles. The van der Waals surface area contributed by atoms with Crippen LogP contribution in [0.2, 0.25) is 0 Å². The average Bonchev–Trinajstić information content (AvgIpc) is 2.07. The molecule has 1 aliphatic heterocycles. The maximum Gasteiger partial charge on any atom is 0.109 e. The molecule has 0 aliphatic carbocycles. The van der Waals surface area contributed by atoms with Crippen molar-refractivity contribution in [2.75, 3.05) is 6.61 Å². The lowest BCUT2D eigenvalue weighted by Gasteiger charge is -2.47. The van der Waals surface area contributed by atoms with E-state index in [4.69, 9.17) is 9.84 Å². The second-order valence-corrected chi connectivity index (χ2v) is 5.73. The first-order chi connectivity index (χ1) is 6.68. The molecule has 1 aliphatic rings. The Kier molecular flexibility index (Phi) is 3.45. The van der Waals surface area contributed by atoms with E-state index >= 15 is 0 Å². The maximum absolute atomic E-state index is 10.0. The highest BCUT2D eigenvalue weighted by molar-refractivity contribution is 4.98. The Hall–Kier alpha value is -0.160. The smallest absolute Gasteiger partial charge is 0.109 e. The van der Waals surface area contributed by atoms with Gasteiger partial charge in [-0.2, -0.15) is 0 Å². The Morgan fingerprint density at radius 1 is 1.40 bits per heavy atom. The molecule has 1 saturated heterocycles. The highest BCUT2D eigenvalue weighted by Crippen LogP contribution is 2.37. The fourth-order valence-corrected chi connectivity index (χ4v) is 2.02. The van der Waals surface area contributed by atoms with E-state index in [-0.39, 0.29) is 18.4 Å². The van der Waals surface area contributed by atoms with Gasteiger partial charge in [-0.05, 0) is 12.3 Å². The summed E-state index contributed by atoms with van der Waals surface area (Å²) in [5.41, 5.74) is -1.46. The highest BCUT2D eigenvalue weighted by atomic mass is 16.5. The lowest BCUT2D eigenvalue weighted by Crippen LogP contribution is -2.60. The van der Waals surface area contributed by atoms with E-state index in [0.29, 0.717) is 0 Å². The van der Waals surface area contributed by atoms with Gasteiger partial charge in [0.1, 0.15) is 6.10 Å². The van der Waals surface area contributed by atoms with Crippen molar-refractivity contribution in [3.05, 3.63) is 0 Å². The number of hydrogen-bond acceptors (Lipinski definition) is 4. The van der Waals surface area contributed by atoms with Crippen molar-refractivity contribution in [2.45, 2.75) is 58.0 Å². The van der Waals surface area contributed by atoms with Gasteiger partial charge in [0.15, 0.2) is 0 Å². The molecule has 15 heavy (non-hydrogen) atoms. The van der Waals surface area contributed by atoms with Crippen LogP contribution in [0.25, 0.3) is 0 Å². The summed E-state index contributed by atoms with van der Waals surface area (Å²) in [5.74, 6) is 0. The zero-order valence-electron chi connectivity index (χ0n) is 9.90. The quantitative estimate of drug-likeness (QED) is 0.592. The van der Waals surface area contributed by atoms with Gasteiger partial charge in [-0.1, -0.05) is 20.8 Å². The van der Waals surface area contributed by atoms with Crippen molar-refractivity contribution in [2.24, 2.45) is 5.41 Å². The van der Waals surface area contributed by atoms with Crippen LogP contribution in [-0.4, -0.2) is 45.8 Å². The molecule has 0 aromatic rings. The molecule has 0 aromatic heterocycles. The van der Waals surface area contributed by atoms with Gasteiger partial charge in [-0.3, -0.25) is 0 Å². The summed E-state index contributed by atoms with van der Waals surface area (Å²) in [5, 5.41) is 29.1.